The molecule has 0 atom stereocenters. The number of sulfonamides is 1. The topological polar surface area (TPSA) is 73.1 Å². The van der Waals surface area contributed by atoms with E-state index in [0.717, 1.165) is 6.07 Å². The van der Waals surface area contributed by atoms with Crippen LogP contribution in [0.1, 0.15) is 5.56 Å². The maximum Gasteiger partial charge on any atom is 0.328 e. The Morgan fingerprint density at radius 1 is 1.00 bits per heavy atom. The molecule has 0 amide bonds. The minimum Gasteiger partial charge on any atom is -0.295 e. The van der Waals surface area contributed by atoms with Gasteiger partial charge in [0.2, 0.25) is 0 Å². The number of halogens is 1. The molecule has 8 heteroatoms. The lowest BCUT2D eigenvalue weighted by atomic mass is 10.2. The molecule has 0 unspecified atom stereocenters. The van der Waals surface area contributed by atoms with E-state index in [1.165, 1.54) is 33.4 Å². The van der Waals surface area contributed by atoms with Gasteiger partial charge in [-0.2, -0.15) is 0 Å². The minimum absolute atomic E-state index is 0.00261. The van der Waals surface area contributed by atoms with Crippen LogP contribution in [0.25, 0.3) is 11.0 Å². The number of hydrogen-bond acceptors (Lipinski definition) is 3. The summed E-state index contributed by atoms with van der Waals surface area (Å²) in [6, 6.07) is 8.52. The first kappa shape index (κ1) is 16.3. The monoisotopic (exact) mass is 349 g/mol. The second kappa shape index (κ2) is 5.48. The number of hydrogen-bond donors (Lipinski definition) is 1. The van der Waals surface area contributed by atoms with E-state index in [0.29, 0.717) is 16.6 Å². The largest absolute Gasteiger partial charge is 0.328 e. The molecule has 0 saturated carbocycles. The Labute approximate surface area is 138 Å². The van der Waals surface area contributed by atoms with Gasteiger partial charge in [-0.25, -0.2) is 17.6 Å². The summed E-state index contributed by atoms with van der Waals surface area (Å²) < 4.78 is 43.8. The van der Waals surface area contributed by atoms with E-state index in [4.69, 9.17) is 0 Å². The van der Waals surface area contributed by atoms with E-state index >= 15 is 0 Å². The number of aryl methyl sites for hydroxylation is 3. The molecule has 2 aromatic carbocycles. The smallest absolute Gasteiger partial charge is 0.295 e. The highest BCUT2D eigenvalue weighted by atomic mass is 32.2. The number of aromatic nitrogens is 2. The van der Waals surface area contributed by atoms with E-state index in [2.05, 4.69) is 4.72 Å². The van der Waals surface area contributed by atoms with E-state index in [1.54, 1.807) is 27.1 Å². The molecule has 24 heavy (non-hydrogen) atoms. The van der Waals surface area contributed by atoms with Crippen molar-refractivity contribution in [2.75, 3.05) is 4.72 Å². The zero-order valence-electron chi connectivity index (χ0n) is 13.4. The van der Waals surface area contributed by atoms with Gasteiger partial charge in [0.15, 0.2) is 0 Å². The van der Waals surface area contributed by atoms with Crippen LogP contribution in [0, 0.1) is 12.7 Å². The SMILES string of the molecule is Cc1ccc(NS(=O)(=O)c2ccc3c(c2)n(C)c(=O)n3C)cc1F. The van der Waals surface area contributed by atoms with Crippen LogP contribution in [0.5, 0.6) is 0 Å². The highest BCUT2D eigenvalue weighted by Gasteiger charge is 2.17. The van der Waals surface area contributed by atoms with E-state index in [1.807, 2.05) is 0 Å². The first-order chi connectivity index (χ1) is 11.2. The Kier molecular flexibility index (Phi) is 3.71. The third kappa shape index (κ3) is 2.58. The first-order valence-corrected chi connectivity index (χ1v) is 8.63. The van der Waals surface area contributed by atoms with Crippen LogP contribution < -0.4 is 10.4 Å². The van der Waals surface area contributed by atoms with Gasteiger partial charge in [-0.15, -0.1) is 0 Å². The van der Waals surface area contributed by atoms with Crippen molar-refractivity contribution in [2.45, 2.75) is 11.8 Å². The van der Waals surface area contributed by atoms with Crippen molar-refractivity contribution in [1.82, 2.24) is 9.13 Å². The zero-order valence-corrected chi connectivity index (χ0v) is 14.2. The van der Waals surface area contributed by atoms with Gasteiger partial charge in [0.1, 0.15) is 5.82 Å². The summed E-state index contributed by atoms with van der Waals surface area (Å²) in [6.07, 6.45) is 0. The standard InChI is InChI=1S/C16H16FN3O3S/c1-10-4-5-11(8-13(10)17)18-24(22,23)12-6-7-14-15(9-12)20(3)16(21)19(14)2/h4-9,18H,1-3H3. The zero-order chi connectivity index (χ0) is 17.6. The number of rotatable bonds is 3. The van der Waals surface area contributed by atoms with Crippen molar-refractivity contribution in [2.24, 2.45) is 14.1 Å². The van der Waals surface area contributed by atoms with Crippen LogP contribution in [0.2, 0.25) is 0 Å². The van der Waals surface area contributed by atoms with E-state index in [-0.39, 0.29) is 16.3 Å². The van der Waals surface area contributed by atoms with E-state index in [9.17, 15) is 17.6 Å². The molecule has 6 nitrogen and oxygen atoms in total. The normalized spacial score (nSPS) is 11.8. The lowest BCUT2D eigenvalue weighted by Gasteiger charge is -2.09. The molecule has 3 aromatic rings. The molecule has 0 aliphatic rings. The molecule has 0 radical (unpaired) electrons. The highest BCUT2D eigenvalue weighted by molar-refractivity contribution is 7.92. The molecule has 0 saturated heterocycles. The van der Waals surface area contributed by atoms with Gasteiger partial charge >= 0.3 is 5.69 Å². The molecule has 126 valence electrons. The molecule has 1 heterocycles. The fraction of sp³-hybridized carbons (Fsp3) is 0.188. The Morgan fingerprint density at radius 3 is 2.33 bits per heavy atom. The summed E-state index contributed by atoms with van der Waals surface area (Å²) in [4.78, 5) is 11.9. The van der Waals surface area contributed by atoms with Gasteiger partial charge in [0.05, 0.1) is 21.6 Å². The summed E-state index contributed by atoms with van der Waals surface area (Å²) in [7, 11) is -0.706. The quantitative estimate of drug-likeness (QED) is 0.787. The predicted molar refractivity (Wildman–Crippen MR) is 90.1 cm³/mol. The lowest BCUT2D eigenvalue weighted by molar-refractivity contribution is 0.601. The summed E-state index contributed by atoms with van der Waals surface area (Å²) >= 11 is 0. The third-order valence-electron chi connectivity index (χ3n) is 3.98. The molecule has 1 N–H and O–H groups in total. The predicted octanol–water partition coefficient (Wildman–Crippen LogP) is 2.13. The molecule has 0 aliphatic heterocycles. The van der Waals surface area contributed by atoms with Gasteiger partial charge in [0, 0.05) is 14.1 Å². The van der Waals surface area contributed by atoms with Crippen LogP contribution in [0.4, 0.5) is 10.1 Å². The van der Waals surface area contributed by atoms with Crippen molar-refractivity contribution in [3.05, 3.63) is 58.3 Å². The fourth-order valence-corrected chi connectivity index (χ4v) is 3.59. The Morgan fingerprint density at radius 2 is 1.67 bits per heavy atom. The summed E-state index contributed by atoms with van der Waals surface area (Å²) in [6.45, 7) is 1.59. The number of nitrogens with one attached hydrogen (secondary N) is 1. The molecular weight excluding hydrogens is 333 g/mol. The van der Waals surface area contributed by atoms with Crippen molar-refractivity contribution in [3.63, 3.8) is 0 Å². The van der Waals surface area contributed by atoms with Gasteiger partial charge < -0.3 is 0 Å². The number of nitrogens with zero attached hydrogens (tertiary/aromatic N) is 2. The van der Waals surface area contributed by atoms with Crippen molar-refractivity contribution < 1.29 is 12.8 Å². The summed E-state index contributed by atoms with van der Waals surface area (Å²) in [5.74, 6) is -0.490. The number of anilines is 1. The summed E-state index contributed by atoms with van der Waals surface area (Å²) in [5, 5.41) is 0. The van der Waals surface area contributed by atoms with Gasteiger partial charge in [-0.1, -0.05) is 6.07 Å². The first-order valence-electron chi connectivity index (χ1n) is 7.15. The molecule has 1 aromatic heterocycles. The van der Waals surface area contributed by atoms with Crippen molar-refractivity contribution >= 4 is 26.7 Å². The maximum atomic E-state index is 13.6. The fourth-order valence-electron chi connectivity index (χ4n) is 2.52. The number of benzene rings is 2. The third-order valence-corrected chi connectivity index (χ3v) is 5.36. The lowest BCUT2D eigenvalue weighted by Crippen LogP contribution is -2.19. The Hall–Kier alpha value is -2.61. The molecule has 0 fully saturated rings. The molecule has 0 spiro atoms. The van der Waals surface area contributed by atoms with E-state index < -0.39 is 15.8 Å². The molecule has 0 bridgehead atoms. The second-order valence-electron chi connectivity index (χ2n) is 5.62. The van der Waals surface area contributed by atoms with Gasteiger partial charge in [-0.05, 0) is 42.8 Å². The molecule has 3 rings (SSSR count). The molecule has 0 aliphatic carbocycles. The Balaban J connectivity index is 2.06. The van der Waals surface area contributed by atoms with Gasteiger partial charge in [-0.3, -0.25) is 13.9 Å². The van der Waals surface area contributed by atoms with Crippen molar-refractivity contribution in [1.29, 1.82) is 0 Å². The highest BCUT2D eigenvalue weighted by Crippen LogP contribution is 2.21. The maximum absolute atomic E-state index is 13.6. The Bertz CT molecular complexity index is 1110. The van der Waals surface area contributed by atoms with Crippen LogP contribution >= 0.6 is 0 Å². The van der Waals surface area contributed by atoms with Crippen LogP contribution in [0.3, 0.4) is 0 Å². The van der Waals surface area contributed by atoms with Crippen LogP contribution in [-0.4, -0.2) is 17.6 Å². The van der Waals surface area contributed by atoms with Gasteiger partial charge in [0.25, 0.3) is 10.0 Å². The summed E-state index contributed by atoms with van der Waals surface area (Å²) in [5.41, 5.74) is 1.45. The number of imidazole rings is 1. The van der Waals surface area contributed by atoms with Crippen LogP contribution in [0.15, 0.2) is 46.1 Å². The average Bonchev–Trinajstić information content (AvgIpc) is 2.75. The molecular formula is C16H16FN3O3S. The minimum atomic E-state index is -3.90. The van der Waals surface area contributed by atoms with Crippen molar-refractivity contribution in [3.8, 4) is 0 Å². The average molecular weight is 349 g/mol. The number of fused-ring (bicyclic) bond motifs is 1. The van der Waals surface area contributed by atoms with Crippen LogP contribution in [-0.2, 0) is 24.1 Å². The second-order valence-corrected chi connectivity index (χ2v) is 7.30.